The number of fused-ring (bicyclic) bond motifs is 1. The van der Waals surface area contributed by atoms with Crippen molar-refractivity contribution in [3.05, 3.63) is 90.8 Å². The Morgan fingerprint density at radius 1 is 0.804 bits per heavy atom. The van der Waals surface area contributed by atoms with Gasteiger partial charge in [-0.2, -0.15) is 5.10 Å². The summed E-state index contributed by atoms with van der Waals surface area (Å²) in [5.41, 5.74) is 10.5. The standard InChI is InChI=1S/C40H46N8O3/c41-38-36-37(29-10-14-35(15-11-29)51-34-6-2-1-3-7-34)44-48(39(36)43-27-42-38)33-5-4-20-47(26-33)32-18-21-45(22-19-32)25-28-16-23-46(24-17-28)31-12-8-30(9-13-31)40(49)50/h1-3,6-15,27-28,32-33H,4-5,16-26H2,(H,49,50)(H2,41,42,43)/t33-/m1/s1. The molecule has 5 heterocycles. The normalized spacial score (nSPS) is 19.8. The topological polar surface area (TPSA) is 126 Å². The summed E-state index contributed by atoms with van der Waals surface area (Å²) >= 11 is 0. The molecule has 0 aliphatic carbocycles. The summed E-state index contributed by atoms with van der Waals surface area (Å²) in [6, 6.07) is 25.9. The summed E-state index contributed by atoms with van der Waals surface area (Å²) in [6.07, 6.45) is 8.47. The van der Waals surface area contributed by atoms with Gasteiger partial charge in [-0.3, -0.25) is 4.90 Å². The van der Waals surface area contributed by atoms with Crippen molar-refractivity contribution in [3.63, 3.8) is 0 Å². The molecule has 1 atom stereocenters. The van der Waals surface area contributed by atoms with Crippen LogP contribution in [0, 0.1) is 5.92 Å². The molecule has 3 saturated heterocycles. The van der Waals surface area contributed by atoms with E-state index in [2.05, 4.69) is 24.4 Å². The molecule has 5 aromatic rings. The number of nitrogen functional groups attached to an aromatic ring is 1. The molecule has 3 N–H and O–H groups in total. The van der Waals surface area contributed by atoms with Crippen LogP contribution in [-0.4, -0.2) is 92.5 Å². The van der Waals surface area contributed by atoms with Gasteiger partial charge in [0.15, 0.2) is 5.65 Å². The highest BCUT2D eigenvalue weighted by molar-refractivity contribution is 5.98. The fourth-order valence-corrected chi connectivity index (χ4v) is 8.29. The van der Waals surface area contributed by atoms with Crippen LogP contribution < -0.4 is 15.4 Å². The maximum Gasteiger partial charge on any atom is 0.335 e. The van der Waals surface area contributed by atoms with Gasteiger partial charge in [-0.25, -0.2) is 19.4 Å². The third-order valence-corrected chi connectivity index (χ3v) is 11.1. The Balaban J connectivity index is 0.878. The highest BCUT2D eigenvalue weighted by atomic mass is 16.5. The molecule has 3 fully saturated rings. The van der Waals surface area contributed by atoms with Crippen molar-refractivity contribution in [3.8, 4) is 22.8 Å². The van der Waals surface area contributed by atoms with Crippen LogP contribution in [0.3, 0.4) is 0 Å². The lowest BCUT2D eigenvalue weighted by Gasteiger charge is -2.43. The van der Waals surface area contributed by atoms with E-state index in [9.17, 15) is 9.90 Å². The van der Waals surface area contributed by atoms with Gasteiger partial charge in [-0.15, -0.1) is 0 Å². The van der Waals surface area contributed by atoms with Crippen LogP contribution in [0.15, 0.2) is 85.2 Å². The van der Waals surface area contributed by atoms with E-state index >= 15 is 0 Å². The molecule has 8 rings (SSSR count). The van der Waals surface area contributed by atoms with Gasteiger partial charge in [0.25, 0.3) is 0 Å². The molecule has 2 aromatic heterocycles. The van der Waals surface area contributed by atoms with E-state index in [1.807, 2.05) is 66.7 Å². The number of hydrogen-bond acceptors (Lipinski definition) is 9. The summed E-state index contributed by atoms with van der Waals surface area (Å²) in [6.45, 7) is 7.59. The third-order valence-electron chi connectivity index (χ3n) is 11.1. The molecule has 11 heteroatoms. The predicted octanol–water partition coefficient (Wildman–Crippen LogP) is 6.58. The van der Waals surface area contributed by atoms with E-state index in [0.29, 0.717) is 23.3 Å². The summed E-state index contributed by atoms with van der Waals surface area (Å²) in [4.78, 5) is 28.0. The molecule has 3 aliphatic rings. The van der Waals surface area contributed by atoms with Gasteiger partial charge in [0.05, 0.1) is 17.0 Å². The molecule has 0 unspecified atom stereocenters. The van der Waals surface area contributed by atoms with Crippen LogP contribution >= 0.6 is 0 Å². The lowest BCUT2D eigenvalue weighted by Crippen LogP contribution is -2.50. The number of aromatic nitrogens is 4. The number of ether oxygens (including phenoxy) is 1. The maximum absolute atomic E-state index is 11.2. The zero-order valence-electron chi connectivity index (χ0n) is 29.0. The number of anilines is 2. The molecular weight excluding hydrogens is 640 g/mol. The molecule has 0 bridgehead atoms. The number of nitrogens with two attached hydrogens (primary N) is 1. The van der Waals surface area contributed by atoms with E-state index in [-0.39, 0.29) is 6.04 Å². The lowest BCUT2D eigenvalue weighted by atomic mass is 9.93. The van der Waals surface area contributed by atoms with Crippen molar-refractivity contribution in [2.75, 3.05) is 56.4 Å². The lowest BCUT2D eigenvalue weighted by molar-refractivity contribution is 0.0654. The minimum atomic E-state index is -0.876. The Morgan fingerprint density at radius 2 is 1.53 bits per heavy atom. The second-order valence-electron chi connectivity index (χ2n) is 14.3. The Bertz CT molecular complexity index is 1930. The third kappa shape index (κ3) is 7.27. The van der Waals surface area contributed by atoms with Gasteiger partial charge in [0.1, 0.15) is 29.3 Å². The average Bonchev–Trinajstić information content (AvgIpc) is 3.57. The number of nitrogens with zero attached hydrogens (tertiary/aromatic N) is 7. The number of benzene rings is 3. The number of para-hydroxylation sites is 1. The minimum absolute atomic E-state index is 0.216. The quantitative estimate of drug-likeness (QED) is 0.176. The number of carbonyl (C=O) groups is 1. The first-order valence-corrected chi connectivity index (χ1v) is 18.4. The van der Waals surface area contributed by atoms with E-state index < -0.39 is 5.97 Å². The molecule has 3 aliphatic heterocycles. The molecule has 0 saturated carbocycles. The number of aromatic carboxylic acids is 1. The number of carboxylic acids is 1. The SMILES string of the molecule is Nc1ncnc2c1c(-c1ccc(Oc3ccccc3)cc1)nn2[C@@H]1CCCN(C2CCN(CC3CCN(c4ccc(C(=O)O)cc4)CC3)CC2)C1. The highest BCUT2D eigenvalue weighted by Gasteiger charge is 2.32. The fraction of sp³-hybridized carbons (Fsp3) is 0.400. The zero-order valence-corrected chi connectivity index (χ0v) is 29.0. The summed E-state index contributed by atoms with van der Waals surface area (Å²) in [5, 5.41) is 15.2. The summed E-state index contributed by atoms with van der Waals surface area (Å²) in [5.74, 6) is 1.84. The predicted molar refractivity (Wildman–Crippen MR) is 199 cm³/mol. The second kappa shape index (κ2) is 14.7. The van der Waals surface area contributed by atoms with Crippen LogP contribution in [0.1, 0.15) is 54.9 Å². The van der Waals surface area contributed by atoms with E-state index in [1.54, 1.807) is 18.5 Å². The van der Waals surface area contributed by atoms with Gasteiger partial charge >= 0.3 is 5.97 Å². The van der Waals surface area contributed by atoms with Gasteiger partial charge in [-0.1, -0.05) is 18.2 Å². The van der Waals surface area contributed by atoms with Crippen molar-refractivity contribution in [1.82, 2.24) is 29.5 Å². The van der Waals surface area contributed by atoms with Crippen molar-refractivity contribution < 1.29 is 14.6 Å². The molecule has 0 amide bonds. The first-order valence-electron chi connectivity index (χ1n) is 18.4. The number of rotatable bonds is 9. The Labute approximate surface area is 298 Å². The average molecular weight is 687 g/mol. The minimum Gasteiger partial charge on any atom is -0.478 e. The summed E-state index contributed by atoms with van der Waals surface area (Å²) < 4.78 is 8.14. The molecular formula is C40H46N8O3. The maximum atomic E-state index is 11.2. The zero-order chi connectivity index (χ0) is 34.7. The van der Waals surface area contributed by atoms with Crippen molar-refractivity contribution in [2.45, 2.75) is 50.6 Å². The highest BCUT2D eigenvalue weighted by Crippen LogP contribution is 2.36. The van der Waals surface area contributed by atoms with Crippen molar-refractivity contribution >= 4 is 28.5 Å². The largest absolute Gasteiger partial charge is 0.478 e. The van der Waals surface area contributed by atoms with E-state index in [1.165, 1.54) is 32.2 Å². The smallest absolute Gasteiger partial charge is 0.335 e. The molecule has 51 heavy (non-hydrogen) atoms. The first kappa shape index (κ1) is 33.2. The van der Waals surface area contributed by atoms with Gasteiger partial charge in [0, 0.05) is 43.5 Å². The molecule has 0 spiro atoms. The number of hydrogen-bond donors (Lipinski definition) is 2. The Morgan fingerprint density at radius 3 is 2.25 bits per heavy atom. The van der Waals surface area contributed by atoms with Crippen LogP contribution in [0.2, 0.25) is 0 Å². The number of likely N-dealkylation sites (tertiary alicyclic amines) is 2. The number of carboxylic acid groups (broad SMARTS) is 1. The second-order valence-corrected chi connectivity index (χ2v) is 14.3. The van der Waals surface area contributed by atoms with Crippen molar-refractivity contribution in [1.29, 1.82) is 0 Å². The van der Waals surface area contributed by atoms with Crippen LogP contribution in [0.25, 0.3) is 22.3 Å². The Kier molecular flexibility index (Phi) is 9.55. The van der Waals surface area contributed by atoms with Gasteiger partial charge < -0.3 is 25.4 Å². The van der Waals surface area contributed by atoms with Crippen molar-refractivity contribution in [2.24, 2.45) is 5.92 Å². The molecule has 0 radical (unpaired) electrons. The van der Waals surface area contributed by atoms with Gasteiger partial charge in [0.2, 0.25) is 0 Å². The Hall–Kier alpha value is -5.00. The molecule has 264 valence electrons. The van der Waals surface area contributed by atoms with Crippen LogP contribution in [0.5, 0.6) is 11.5 Å². The van der Waals surface area contributed by atoms with Crippen LogP contribution in [-0.2, 0) is 0 Å². The molecule has 11 nitrogen and oxygen atoms in total. The molecule has 3 aromatic carbocycles. The fourth-order valence-electron chi connectivity index (χ4n) is 8.29. The monoisotopic (exact) mass is 686 g/mol. The van der Waals surface area contributed by atoms with Crippen LogP contribution in [0.4, 0.5) is 11.5 Å². The summed E-state index contributed by atoms with van der Waals surface area (Å²) in [7, 11) is 0. The first-order chi connectivity index (χ1) is 25.0. The van der Waals surface area contributed by atoms with E-state index in [0.717, 1.165) is 91.6 Å². The number of piperidine rings is 3. The van der Waals surface area contributed by atoms with Gasteiger partial charge in [-0.05, 0) is 125 Å². The van der Waals surface area contributed by atoms with E-state index in [4.69, 9.17) is 20.6 Å².